The van der Waals surface area contributed by atoms with E-state index in [1.807, 2.05) is 0 Å². The quantitative estimate of drug-likeness (QED) is 0.198. The third-order valence-electron chi connectivity index (χ3n) is 3.95. The van der Waals surface area contributed by atoms with Gasteiger partial charge < -0.3 is 14.4 Å². The number of anilines is 1. The van der Waals surface area contributed by atoms with Gasteiger partial charge in [-0.05, 0) is 36.7 Å². The smallest absolute Gasteiger partial charge is 0.303 e. The number of carbonyl (C=O) groups excluding carboxylic acids is 2. The van der Waals surface area contributed by atoms with Crippen LogP contribution in [0.25, 0.3) is 10.4 Å². The Morgan fingerprint density at radius 2 is 2.04 bits per heavy atom. The van der Waals surface area contributed by atoms with Crippen LogP contribution < -0.4 is 9.64 Å². The van der Waals surface area contributed by atoms with E-state index < -0.39 is 24.2 Å². The van der Waals surface area contributed by atoms with E-state index in [-0.39, 0.29) is 5.91 Å². The molecule has 1 heterocycles. The van der Waals surface area contributed by atoms with Crippen LogP contribution in [-0.2, 0) is 14.3 Å². The molecule has 0 bridgehead atoms. The summed E-state index contributed by atoms with van der Waals surface area (Å²) in [5.74, 6) is -0.256. The van der Waals surface area contributed by atoms with Crippen molar-refractivity contribution in [2.75, 3.05) is 12.0 Å². The number of benzene rings is 1. The lowest BCUT2D eigenvalue weighted by molar-refractivity contribution is -0.149. The molecule has 0 aliphatic carbocycles. The normalized spacial score (nSPS) is 19.8. The third kappa shape index (κ3) is 3.50. The molecular weight excluding hydrogens is 324 g/mol. The van der Waals surface area contributed by atoms with Crippen LogP contribution in [0.3, 0.4) is 0 Å². The number of rotatable bonds is 6. The fourth-order valence-corrected chi connectivity index (χ4v) is 2.70. The molecule has 1 fully saturated rings. The number of esters is 1. The highest BCUT2D eigenvalue weighted by Crippen LogP contribution is 2.36. The van der Waals surface area contributed by atoms with Crippen LogP contribution in [0.5, 0.6) is 5.75 Å². The van der Waals surface area contributed by atoms with Crippen LogP contribution in [0.15, 0.2) is 47.3 Å². The van der Waals surface area contributed by atoms with E-state index in [0.717, 1.165) is 0 Å². The number of hydrogen-bond acceptors (Lipinski definition) is 5. The van der Waals surface area contributed by atoms with Crippen LogP contribution in [0.1, 0.15) is 13.8 Å². The number of azide groups is 1. The van der Waals surface area contributed by atoms with Gasteiger partial charge in [0.15, 0.2) is 6.10 Å². The summed E-state index contributed by atoms with van der Waals surface area (Å²) in [5.41, 5.74) is 12.5. The van der Waals surface area contributed by atoms with Gasteiger partial charge in [-0.1, -0.05) is 11.7 Å². The van der Waals surface area contributed by atoms with Gasteiger partial charge in [-0.25, -0.2) is 0 Å². The van der Waals surface area contributed by atoms with Gasteiger partial charge in [0.25, 0.3) is 0 Å². The van der Waals surface area contributed by atoms with Crippen molar-refractivity contribution in [2.24, 2.45) is 5.11 Å². The summed E-state index contributed by atoms with van der Waals surface area (Å²) in [7, 11) is 1.54. The maximum Gasteiger partial charge on any atom is 0.303 e. The summed E-state index contributed by atoms with van der Waals surface area (Å²) < 4.78 is 10.5. The first kappa shape index (κ1) is 18.1. The fraction of sp³-hybridized carbons (Fsp3) is 0.353. The molecule has 1 amide bonds. The Morgan fingerprint density at radius 1 is 1.40 bits per heavy atom. The third-order valence-corrected chi connectivity index (χ3v) is 3.95. The second-order valence-electron chi connectivity index (χ2n) is 5.44. The molecule has 1 aliphatic heterocycles. The molecule has 1 aromatic rings. The first-order valence-electron chi connectivity index (χ1n) is 7.49. The van der Waals surface area contributed by atoms with Crippen LogP contribution in [0.2, 0.25) is 0 Å². The minimum Gasteiger partial charge on any atom is -0.497 e. The Hall–Kier alpha value is -3.21. The molecule has 25 heavy (non-hydrogen) atoms. The molecule has 8 nitrogen and oxygen atoms in total. The zero-order valence-electron chi connectivity index (χ0n) is 14.2. The van der Waals surface area contributed by atoms with E-state index in [1.165, 1.54) is 11.8 Å². The minimum absolute atomic E-state index is 0.373. The number of nitrogens with zero attached hydrogens (tertiary/aromatic N) is 4. The summed E-state index contributed by atoms with van der Waals surface area (Å²) >= 11 is 0. The summed E-state index contributed by atoms with van der Waals surface area (Å²) in [4.78, 5) is 28.1. The molecule has 130 valence electrons. The van der Waals surface area contributed by atoms with Crippen molar-refractivity contribution < 1.29 is 19.1 Å². The number of carbonyl (C=O) groups is 2. The molecule has 8 heteroatoms. The molecule has 1 aromatic carbocycles. The lowest BCUT2D eigenvalue weighted by atomic mass is 9.86. The lowest BCUT2D eigenvalue weighted by Crippen LogP contribution is -2.69. The maximum absolute atomic E-state index is 12.5. The van der Waals surface area contributed by atoms with Crippen LogP contribution >= 0.6 is 0 Å². The van der Waals surface area contributed by atoms with Gasteiger partial charge in [0, 0.05) is 23.1 Å². The van der Waals surface area contributed by atoms with Gasteiger partial charge in [-0.2, -0.15) is 0 Å². The summed E-state index contributed by atoms with van der Waals surface area (Å²) in [6.45, 7) is 6.51. The Kier molecular flexibility index (Phi) is 5.49. The standard InChI is InChI=1S/C17H18N4O4/c1-5-10(2)16(25-11(3)22)15-14(19-20-18)17(23)21(15)12-6-8-13(24-4)9-7-12/h6-9,14-16H,1H2,2-4H3/t14-,15-,16-/m1/s1. The highest BCUT2D eigenvalue weighted by molar-refractivity contribution is 6.06. The zero-order chi connectivity index (χ0) is 18.6. The maximum atomic E-state index is 12.5. The molecule has 0 unspecified atom stereocenters. The number of hydrogen-bond donors (Lipinski definition) is 0. The van der Waals surface area contributed by atoms with E-state index in [0.29, 0.717) is 17.0 Å². The highest BCUT2D eigenvalue weighted by atomic mass is 16.5. The van der Waals surface area contributed by atoms with Gasteiger partial charge in [-0.15, -0.1) is 5.73 Å². The number of amides is 1. The van der Waals surface area contributed by atoms with Gasteiger partial charge >= 0.3 is 5.97 Å². The first-order valence-corrected chi connectivity index (χ1v) is 7.49. The number of β-lactam (4-membered cyclic amide) rings is 1. The zero-order valence-corrected chi connectivity index (χ0v) is 14.2. The van der Waals surface area contributed by atoms with Crippen molar-refractivity contribution in [2.45, 2.75) is 32.0 Å². The van der Waals surface area contributed by atoms with Crippen molar-refractivity contribution in [3.8, 4) is 5.75 Å². The van der Waals surface area contributed by atoms with Gasteiger partial charge in [0.05, 0.1) is 13.2 Å². The van der Waals surface area contributed by atoms with E-state index in [1.54, 1.807) is 38.3 Å². The highest BCUT2D eigenvalue weighted by Gasteiger charge is 2.53. The van der Waals surface area contributed by atoms with Crippen LogP contribution in [0, 0.1) is 0 Å². The van der Waals surface area contributed by atoms with Crippen LogP contribution in [0.4, 0.5) is 5.69 Å². The monoisotopic (exact) mass is 342 g/mol. The Labute approximate surface area is 145 Å². The predicted octanol–water partition coefficient (Wildman–Crippen LogP) is 2.75. The van der Waals surface area contributed by atoms with Crippen molar-refractivity contribution in [3.63, 3.8) is 0 Å². The Balaban J connectivity index is 2.45. The second kappa shape index (κ2) is 7.57. The Bertz CT molecular complexity index is 776. The largest absolute Gasteiger partial charge is 0.497 e. The van der Waals surface area contributed by atoms with E-state index >= 15 is 0 Å². The minimum atomic E-state index is -0.972. The summed E-state index contributed by atoms with van der Waals surface area (Å²) in [6, 6.07) is 5.17. The predicted molar refractivity (Wildman–Crippen MR) is 91.1 cm³/mol. The lowest BCUT2D eigenvalue weighted by Gasteiger charge is -2.48. The fourth-order valence-electron chi connectivity index (χ4n) is 2.70. The SMILES string of the molecule is C=C=C(C)[C@@H](OC(C)=O)[C@H]1[C@@H](N=[N+]=[N-])C(=O)N1c1ccc(OC)cc1. The van der Waals surface area contributed by atoms with Crippen LogP contribution in [-0.4, -0.2) is 37.2 Å². The van der Waals surface area contributed by atoms with Gasteiger partial charge in [0.2, 0.25) is 5.91 Å². The number of methoxy groups -OCH3 is 1. The van der Waals surface area contributed by atoms with E-state index in [9.17, 15) is 9.59 Å². The molecule has 0 spiro atoms. The van der Waals surface area contributed by atoms with Crippen molar-refractivity contribution in [1.29, 1.82) is 0 Å². The van der Waals surface area contributed by atoms with Crippen molar-refractivity contribution in [3.05, 3.63) is 52.6 Å². The molecule has 1 aliphatic rings. The average molecular weight is 342 g/mol. The molecular formula is C17H18N4O4. The molecule has 0 N–H and O–H groups in total. The summed E-state index contributed by atoms with van der Waals surface area (Å²) in [6.07, 6.45) is -0.815. The first-order chi connectivity index (χ1) is 11.9. The van der Waals surface area contributed by atoms with Gasteiger partial charge in [0.1, 0.15) is 11.8 Å². The topological polar surface area (TPSA) is 105 Å². The molecule has 0 radical (unpaired) electrons. The second-order valence-corrected chi connectivity index (χ2v) is 5.44. The Morgan fingerprint density at radius 3 is 2.52 bits per heavy atom. The van der Waals surface area contributed by atoms with Crippen molar-refractivity contribution >= 4 is 17.6 Å². The van der Waals surface area contributed by atoms with Crippen molar-refractivity contribution in [1.82, 2.24) is 0 Å². The average Bonchev–Trinajstić information content (AvgIpc) is 2.61. The van der Waals surface area contributed by atoms with E-state index in [4.69, 9.17) is 15.0 Å². The molecule has 1 saturated heterocycles. The molecule has 3 atom stereocenters. The van der Waals surface area contributed by atoms with Gasteiger partial charge in [-0.3, -0.25) is 9.59 Å². The molecule has 0 saturated carbocycles. The number of ether oxygens (including phenoxy) is 2. The molecule has 0 aromatic heterocycles. The molecule has 2 rings (SSSR count). The van der Waals surface area contributed by atoms with E-state index in [2.05, 4.69) is 22.3 Å². The summed E-state index contributed by atoms with van der Waals surface area (Å²) in [5, 5.41) is 3.56.